The number of hydrogen-bond acceptors (Lipinski definition) is 8. The smallest absolute Gasteiger partial charge is 0.260 e. The van der Waals surface area contributed by atoms with Crippen LogP contribution in [0.2, 0.25) is 0 Å². The number of hydrazine groups is 2. The molecule has 3 heterocycles. The van der Waals surface area contributed by atoms with E-state index in [2.05, 4.69) is 26.1 Å². The summed E-state index contributed by atoms with van der Waals surface area (Å²) in [5.74, 6) is 0.952. The number of fused-ring (bicyclic) bond motifs is 1. The first kappa shape index (κ1) is 16.5. The van der Waals surface area contributed by atoms with Gasteiger partial charge in [-0.2, -0.15) is 4.98 Å². The predicted octanol–water partition coefficient (Wildman–Crippen LogP) is 2.53. The molecule has 8 heteroatoms. The second-order valence-corrected chi connectivity index (χ2v) is 6.89. The molecule has 1 aliphatic heterocycles. The summed E-state index contributed by atoms with van der Waals surface area (Å²) in [6.07, 6.45) is 3.45. The fourth-order valence-electron chi connectivity index (χ4n) is 2.83. The average Bonchev–Trinajstić information content (AvgIpc) is 3.29. The molecule has 134 valence electrons. The van der Waals surface area contributed by atoms with Crippen molar-refractivity contribution in [3.8, 4) is 22.8 Å². The van der Waals surface area contributed by atoms with Crippen molar-refractivity contribution in [1.29, 1.82) is 0 Å². The molecule has 2 aromatic heterocycles. The van der Waals surface area contributed by atoms with Gasteiger partial charge >= 0.3 is 0 Å². The predicted molar refractivity (Wildman–Crippen MR) is 98.1 cm³/mol. The Balaban J connectivity index is 1.66. The summed E-state index contributed by atoms with van der Waals surface area (Å²) in [7, 11) is 0. The van der Waals surface area contributed by atoms with Gasteiger partial charge in [-0.25, -0.2) is 0 Å². The highest BCUT2D eigenvalue weighted by molar-refractivity contribution is 5.79. The molecule has 0 fully saturated rings. The highest BCUT2D eigenvalue weighted by atomic mass is 16.5. The fraction of sp³-hybridized carbons (Fsp3) is 0.278. The summed E-state index contributed by atoms with van der Waals surface area (Å²) in [5.41, 5.74) is 10.3. The molecule has 1 aliphatic rings. The molecule has 3 N–H and O–H groups in total. The molecule has 0 spiro atoms. The van der Waals surface area contributed by atoms with Crippen molar-refractivity contribution >= 4 is 11.4 Å². The first-order valence-electron chi connectivity index (χ1n) is 8.31. The first-order chi connectivity index (χ1) is 12.5. The van der Waals surface area contributed by atoms with Crippen LogP contribution < -0.4 is 16.0 Å². The highest BCUT2D eigenvalue weighted by Crippen LogP contribution is 2.36. The van der Waals surface area contributed by atoms with Crippen LogP contribution >= 0.6 is 0 Å². The summed E-state index contributed by atoms with van der Waals surface area (Å²) < 4.78 is 5.42. The molecule has 8 nitrogen and oxygen atoms in total. The number of aliphatic hydroxyl groups is 1. The third-order valence-electron chi connectivity index (χ3n) is 4.49. The monoisotopic (exact) mass is 352 g/mol. The number of benzene rings is 1. The Bertz CT molecular complexity index is 952. The van der Waals surface area contributed by atoms with Gasteiger partial charge in [0.15, 0.2) is 0 Å². The van der Waals surface area contributed by atoms with Crippen LogP contribution in [0.4, 0.5) is 11.4 Å². The molecular formula is C18H20N6O2. The Morgan fingerprint density at radius 3 is 2.88 bits per heavy atom. The summed E-state index contributed by atoms with van der Waals surface area (Å²) in [6.45, 7) is 5.89. The number of aryl methyl sites for hydroxylation is 1. The Kier molecular flexibility index (Phi) is 3.86. The van der Waals surface area contributed by atoms with Crippen LogP contribution in [0, 0.1) is 6.92 Å². The third kappa shape index (κ3) is 2.69. The van der Waals surface area contributed by atoms with Gasteiger partial charge < -0.3 is 15.1 Å². The van der Waals surface area contributed by atoms with E-state index >= 15 is 0 Å². The quantitative estimate of drug-likeness (QED) is 0.659. The maximum atomic E-state index is 9.60. The minimum atomic E-state index is -0.448. The van der Waals surface area contributed by atoms with E-state index < -0.39 is 5.54 Å². The number of nitrogens with one attached hydrogen (secondary N) is 2. The SMILES string of the molecule is Cc1ccncc1-c1nc(-c2ccc3c(c2)NNN3C(C)(C)CO)no1. The zero-order chi connectivity index (χ0) is 18.3. The molecule has 3 aromatic rings. The lowest BCUT2D eigenvalue weighted by Gasteiger charge is -2.34. The lowest BCUT2D eigenvalue weighted by Crippen LogP contribution is -2.53. The number of hydrogen-bond donors (Lipinski definition) is 3. The van der Waals surface area contributed by atoms with Gasteiger partial charge in [-0.15, -0.1) is 5.53 Å². The third-order valence-corrected chi connectivity index (χ3v) is 4.49. The van der Waals surface area contributed by atoms with Crippen molar-refractivity contribution in [3.05, 3.63) is 42.2 Å². The fourth-order valence-corrected chi connectivity index (χ4v) is 2.83. The van der Waals surface area contributed by atoms with Crippen LogP contribution in [-0.2, 0) is 0 Å². The van der Waals surface area contributed by atoms with Gasteiger partial charge in [0, 0.05) is 18.0 Å². The number of aromatic nitrogens is 3. The van der Waals surface area contributed by atoms with Crippen LogP contribution in [-0.4, -0.2) is 32.4 Å². The first-order valence-corrected chi connectivity index (χ1v) is 8.31. The van der Waals surface area contributed by atoms with E-state index in [1.54, 1.807) is 12.4 Å². The number of aliphatic hydroxyl groups excluding tert-OH is 1. The number of rotatable bonds is 4. The van der Waals surface area contributed by atoms with E-state index in [0.717, 1.165) is 28.1 Å². The van der Waals surface area contributed by atoms with Crippen LogP contribution in [0.25, 0.3) is 22.8 Å². The molecule has 0 radical (unpaired) electrons. The number of pyridine rings is 1. The van der Waals surface area contributed by atoms with Crippen molar-refractivity contribution < 1.29 is 9.63 Å². The Hall–Kier alpha value is -2.97. The molecule has 1 aromatic carbocycles. The number of anilines is 2. The van der Waals surface area contributed by atoms with E-state index in [9.17, 15) is 5.11 Å². The van der Waals surface area contributed by atoms with Gasteiger partial charge in [0.2, 0.25) is 5.82 Å². The Labute approximate surface area is 150 Å². The maximum Gasteiger partial charge on any atom is 0.260 e. The van der Waals surface area contributed by atoms with Crippen molar-refractivity contribution in [2.75, 3.05) is 17.0 Å². The summed E-state index contributed by atoms with van der Waals surface area (Å²) in [4.78, 5) is 8.62. The molecule has 0 aliphatic carbocycles. The topological polar surface area (TPSA) is 99.3 Å². The maximum absolute atomic E-state index is 9.60. The summed E-state index contributed by atoms with van der Waals surface area (Å²) in [6, 6.07) is 7.74. The van der Waals surface area contributed by atoms with Crippen LogP contribution in [0.3, 0.4) is 0 Å². The van der Waals surface area contributed by atoms with Gasteiger partial charge in [-0.05, 0) is 50.6 Å². The van der Waals surface area contributed by atoms with E-state index in [-0.39, 0.29) is 6.61 Å². The lowest BCUT2D eigenvalue weighted by molar-refractivity contribution is 0.206. The zero-order valence-corrected chi connectivity index (χ0v) is 14.8. The van der Waals surface area contributed by atoms with Gasteiger partial charge in [0.1, 0.15) is 0 Å². The van der Waals surface area contributed by atoms with Crippen molar-refractivity contribution in [1.82, 2.24) is 20.7 Å². The summed E-state index contributed by atoms with van der Waals surface area (Å²) in [5, 5.41) is 15.6. The molecule has 0 bridgehead atoms. The van der Waals surface area contributed by atoms with E-state index in [4.69, 9.17) is 4.52 Å². The standard InChI is InChI=1S/C18H20N6O2/c1-11-6-7-19-9-13(11)17-20-16(22-26-17)12-4-5-15-14(8-12)21-23-24(15)18(2,3)10-25/h4-9,21,23,25H,10H2,1-3H3. The second-order valence-electron chi connectivity index (χ2n) is 6.89. The minimum Gasteiger partial charge on any atom is -0.394 e. The normalized spacial score (nSPS) is 13.6. The Morgan fingerprint density at radius 1 is 1.27 bits per heavy atom. The van der Waals surface area contributed by atoms with Gasteiger partial charge in [-0.3, -0.25) is 9.99 Å². The summed E-state index contributed by atoms with van der Waals surface area (Å²) >= 11 is 0. The molecule has 0 saturated carbocycles. The van der Waals surface area contributed by atoms with E-state index in [0.29, 0.717) is 11.7 Å². The van der Waals surface area contributed by atoms with Crippen molar-refractivity contribution in [3.63, 3.8) is 0 Å². The zero-order valence-electron chi connectivity index (χ0n) is 14.8. The molecule has 0 amide bonds. The second kappa shape index (κ2) is 6.08. The van der Waals surface area contributed by atoms with Crippen LogP contribution in [0.5, 0.6) is 0 Å². The van der Waals surface area contributed by atoms with Crippen LogP contribution in [0.15, 0.2) is 41.2 Å². The molecule has 26 heavy (non-hydrogen) atoms. The molecule has 0 unspecified atom stereocenters. The number of nitrogens with zero attached hydrogens (tertiary/aromatic N) is 4. The van der Waals surface area contributed by atoms with Gasteiger partial charge in [-0.1, -0.05) is 5.16 Å². The highest BCUT2D eigenvalue weighted by Gasteiger charge is 2.32. The van der Waals surface area contributed by atoms with E-state index in [1.807, 2.05) is 50.0 Å². The molecular weight excluding hydrogens is 332 g/mol. The molecule has 4 rings (SSSR count). The average molecular weight is 352 g/mol. The van der Waals surface area contributed by atoms with E-state index in [1.165, 1.54) is 0 Å². The molecule has 0 saturated heterocycles. The van der Waals surface area contributed by atoms with Crippen LogP contribution in [0.1, 0.15) is 19.4 Å². The van der Waals surface area contributed by atoms with Crippen molar-refractivity contribution in [2.45, 2.75) is 26.3 Å². The largest absolute Gasteiger partial charge is 0.394 e. The molecule has 0 atom stereocenters. The minimum absolute atomic E-state index is 0.0154. The van der Waals surface area contributed by atoms with Crippen molar-refractivity contribution in [2.24, 2.45) is 0 Å². The lowest BCUT2D eigenvalue weighted by atomic mass is 10.0. The van der Waals surface area contributed by atoms with Gasteiger partial charge in [0.05, 0.1) is 29.1 Å². The Morgan fingerprint density at radius 2 is 2.12 bits per heavy atom. The van der Waals surface area contributed by atoms with Gasteiger partial charge in [0.25, 0.3) is 5.89 Å².